The van der Waals surface area contributed by atoms with Crippen LogP contribution in [0.5, 0.6) is 0 Å². The highest BCUT2D eigenvalue weighted by molar-refractivity contribution is 7.80. The average Bonchev–Trinajstić information content (AvgIpc) is 2.78. The molecule has 1 aromatic rings. The van der Waals surface area contributed by atoms with Crippen LogP contribution in [0, 0.1) is 5.92 Å². The molecule has 5 heteroatoms. The number of primary amides is 1. The Labute approximate surface area is 112 Å². The molecule has 0 spiro atoms. The van der Waals surface area contributed by atoms with Gasteiger partial charge in [0, 0.05) is 11.7 Å². The minimum atomic E-state index is -0.243. The van der Waals surface area contributed by atoms with Crippen LogP contribution in [0.25, 0.3) is 0 Å². The number of thiocarbonyl (C=S) groups is 1. The lowest BCUT2D eigenvalue weighted by Gasteiger charge is -2.20. The van der Waals surface area contributed by atoms with E-state index in [-0.39, 0.29) is 17.9 Å². The zero-order chi connectivity index (χ0) is 13.0. The van der Waals surface area contributed by atoms with Crippen molar-refractivity contribution >= 4 is 28.9 Å². The Morgan fingerprint density at radius 3 is 2.67 bits per heavy atom. The SMILES string of the molecule is NC(=O)[C@H]1CCC[C@H]1NC(=S)Nc1ccccc1. The number of carbonyl (C=O) groups excluding carboxylic acids is 1. The van der Waals surface area contributed by atoms with E-state index in [2.05, 4.69) is 10.6 Å². The molecule has 1 aliphatic rings. The summed E-state index contributed by atoms with van der Waals surface area (Å²) in [4.78, 5) is 11.3. The lowest BCUT2D eigenvalue weighted by Crippen LogP contribution is -2.43. The third-order valence-electron chi connectivity index (χ3n) is 3.23. The summed E-state index contributed by atoms with van der Waals surface area (Å²) in [7, 11) is 0. The number of benzene rings is 1. The van der Waals surface area contributed by atoms with Gasteiger partial charge in [-0.1, -0.05) is 24.6 Å². The van der Waals surface area contributed by atoms with Crippen molar-refractivity contribution in [3.8, 4) is 0 Å². The van der Waals surface area contributed by atoms with Gasteiger partial charge in [0.05, 0.1) is 5.92 Å². The second-order valence-corrected chi connectivity index (χ2v) is 4.92. The third kappa shape index (κ3) is 3.20. The fraction of sp³-hybridized carbons (Fsp3) is 0.385. The molecular formula is C13H17N3OS. The second-order valence-electron chi connectivity index (χ2n) is 4.51. The maximum atomic E-state index is 11.3. The van der Waals surface area contributed by atoms with E-state index in [4.69, 9.17) is 18.0 Å². The van der Waals surface area contributed by atoms with Crippen LogP contribution in [0.15, 0.2) is 30.3 Å². The Hall–Kier alpha value is -1.62. The van der Waals surface area contributed by atoms with Crippen LogP contribution in [-0.4, -0.2) is 17.1 Å². The molecule has 0 aliphatic heterocycles. The molecular weight excluding hydrogens is 246 g/mol. The number of nitrogens with two attached hydrogens (primary N) is 1. The molecule has 1 fully saturated rings. The first-order chi connectivity index (χ1) is 8.66. The Morgan fingerprint density at radius 2 is 2.00 bits per heavy atom. The van der Waals surface area contributed by atoms with Crippen LogP contribution in [0.1, 0.15) is 19.3 Å². The van der Waals surface area contributed by atoms with Gasteiger partial charge < -0.3 is 16.4 Å². The van der Waals surface area contributed by atoms with Crippen molar-refractivity contribution in [1.29, 1.82) is 0 Å². The number of hydrogen-bond acceptors (Lipinski definition) is 2. The van der Waals surface area contributed by atoms with Crippen LogP contribution >= 0.6 is 12.2 Å². The van der Waals surface area contributed by atoms with E-state index in [9.17, 15) is 4.79 Å². The Morgan fingerprint density at radius 1 is 1.28 bits per heavy atom. The Kier molecular flexibility index (Phi) is 4.15. The molecule has 0 heterocycles. The number of rotatable bonds is 3. The van der Waals surface area contributed by atoms with E-state index >= 15 is 0 Å². The molecule has 4 N–H and O–H groups in total. The van der Waals surface area contributed by atoms with E-state index in [1.165, 1.54) is 0 Å². The van der Waals surface area contributed by atoms with Crippen molar-refractivity contribution in [3.63, 3.8) is 0 Å². The van der Waals surface area contributed by atoms with Gasteiger partial charge >= 0.3 is 0 Å². The summed E-state index contributed by atoms with van der Waals surface area (Å²) in [5, 5.41) is 6.82. The predicted octanol–water partition coefficient (Wildman–Crippen LogP) is 1.63. The van der Waals surface area contributed by atoms with Crippen LogP contribution < -0.4 is 16.4 Å². The largest absolute Gasteiger partial charge is 0.369 e. The van der Waals surface area contributed by atoms with Gasteiger partial charge in [0.1, 0.15) is 0 Å². The van der Waals surface area contributed by atoms with Crippen molar-refractivity contribution in [2.24, 2.45) is 11.7 Å². The molecule has 1 amide bonds. The summed E-state index contributed by atoms with van der Waals surface area (Å²) in [5.74, 6) is -0.354. The number of amides is 1. The smallest absolute Gasteiger partial charge is 0.222 e. The summed E-state index contributed by atoms with van der Waals surface area (Å²) in [6.07, 6.45) is 2.80. The maximum absolute atomic E-state index is 11.3. The van der Waals surface area contributed by atoms with Crippen molar-refractivity contribution in [2.75, 3.05) is 5.32 Å². The maximum Gasteiger partial charge on any atom is 0.222 e. The highest BCUT2D eigenvalue weighted by Gasteiger charge is 2.31. The molecule has 4 nitrogen and oxygen atoms in total. The van der Waals surface area contributed by atoms with Gasteiger partial charge in [0.15, 0.2) is 5.11 Å². The zero-order valence-electron chi connectivity index (χ0n) is 10.1. The van der Waals surface area contributed by atoms with Gasteiger partial charge in [-0.15, -0.1) is 0 Å². The van der Waals surface area contributed by atoms with Gasteiger partial charge in [-0.2, -0.15) is 0 Å². The first-order valence-electron chi connectivity index (χ1n) is 6.08. The summed E-state index contributed by atoms with van der Waals surface area (Å²) in [5.41, 5.74) is 6.31. The van der Waals surface area contributed by atoms with Gasteiger partial charge in [-0.25, -0.2) is 0 Å². The predicted molar refractivity (Wildman–Crippen MR) is 76.1 cm³/mol. The van der Waals surface area contributed by atoms with Gasteiger partial charge in [0.25, 0.3) is 0 Å². The molecule has 0 unspecified atom stereocenters. The van der Waals surface area contributed by atoms with Crippen molar-refractivity contribution in [1.82, 2.24) is 5.32 Å². The lowest BCUT2D eigenvalue weighted by molar-refractivity contribution is -0.122. The lowest BCUT2D eigenvalue weighted by atomic mass is 10.0. The monoisotopic (exact) mass is 263 g/mol. The highest BCUT2D eigenvalue weighted by atomic mass is 32.1. The van der Waals surface area contributed by atoms with Gasteiger partial charge in [-0.05, 0) is 37.2 Å². The zero-order valence-corrected chi connectivity index (χ0v) is 10.9. The van der Waals surface area contributed by atoms with E-state index in [1.807, 2.05) is 30.3 Å². The van der Waals surface area contributed by atoms with Gasteiger partial charge in [-0.3, -0.25) is 4.79 Å². The standard InChI is InChI=1S/C13H17N3OS/c14-12(17)10-7-4-8-11(10)16-13(18)15-9-5-2-1-3-6-9/h1-3,5-6,10-11H,4,7-8H2,(H2,14,17)(H2,15,16,18)/t10-,11+/m0/s1. The van der Waals surface area contributed by atoms with Crippen LogP contribution in [0.2, 0.25) is 0 Å². The summed E-state index contributed by atoms with van der Waals surface area (Å²) in [6, 6.07) is 9.76. The fourth-order valence-electron chi connectivity index (χ4n) is 2.33. The van der Waals surface area contributed by atoms with Crippen LogP contribution in [0.3, 0.4) is 0 Å². The number of carbonyl (C=O) groups is 1. The van der Waals surface area contributed by atoms with Crippen molar-refractivity contribution in [2.45, 2.75) is 25.3 Å². The molecule has 1 saturated carbocycles. The number of nitrogens with one attached hydrogen (secondary N) is 2. The normalized spacial score (nSPS) is 22.4. The Bertz CT molecular complexity index is 435. The minimum Gasteiger partial charge on any atom is -0.369 e. The molecule has 2 rings (SSSR count). The molecule has 0 bridgehead atoms. The highest BCUT2D eigenvalue weighted by Crippen LogP contribution is 2.25. The molecule has 96 valence electrons. The second kappa shape index (κ2) is 5.82. The number of anilines is 1. The summed E-state index contributed by atoms with van der Waals surface area (Å²) >= 11 is 5.24. The topological polar surface area (TPSA) is 67.2 Å². The van der Waals surface area contributed by atoms with Crippen LogP contribution in [0.4, 0.5) is 5.69 Å². The Balaban J connectivity index is 1.90. The summed E-state index contributed by atoms with van der Waals surface area (Å²) < 4.78 is 0. The van der Waals surface area contributed by atoms with E-state index in [1.54, 1.807) is 0 Å². The first kappa shape index (κ1) is 12.8. The molecule has 2 atom stereocenters. The average molecular weight is 263 g/mol. The fourth-order valence-corrected chi connectivity index (χ4v) is 2.60. The first-order valence-corrected chi connectivity index (χ1v) is 6.49. The van der Waals surface area contributed by atoms with E-state index in [0.29, 0.717) is 5.11 Å². The molecule has 1 aromatic carbocycles. The van der Waals surface area contributed by atoms with E-state index in [0.717, 1.165) is 24.9 Å². The number of hydrogen-bond donors (Lipinski definition) is 3. The number of para-hydroxylation sites is 1. The van der Waals surface area contributed by atoms with E-state index < -0.39 is 0 Å². The third-order valence-corrected chi connectivity index (χ3v) is 3.45. The summed E-state index contributed by atoms with van der Waals surface area (Å²) in [6.45, 7) is 0. The molecule has 0 saturated heterocycles. The van der Waals surface area contributed by atoms with Gasteiger partial charge in [0.2, 0.25) is 5.91 Å². The van der Waals surface area contributed by atoms with Crippen molar-refractivity contribution in [3.05, 3.63) is 30.3 Å². The van der Waals surface area contributed by atoms with Crippen molar-refractivity contribution < 1.29 is 4.79 Å². The minimum absolute atomic E-state index is 0.0613. The molecule has 0 radical (unpaired) electrons. The van der Waals surface area contributed by atoms with Crippen LogP contribution in [-0.2, 0) is 4.79 Å². The molecule has 18 heavy (non-hydrogen) atoms. The molecule has 0 aromatic heterocycles. The quantitative estimate of drug-likeness (QED) is 0.725. The molecule has 1 aliphatic carbocycles.